The molecule has 1 N–H and O–H groups in total. The van der Waals surface area contributed by atoms with Crippen LogP contribution in [-0.4, -0.2) is 26.1 Å². The monoisotopic (exact) mass is 287 g/mol. The zero-order valence-corrected chi connectivity index (χ0v) is 11.9. The third kappa shape index (κ3) is 2.95. The van der Waals surface area contributed by atoms with Crippen LogP contribution in [0.3, 0.4) is 0 Å². The Hall–Kier alpha value is -2.21. The number of fused-ring (bicyclic) bond motifs is 1. The minimum atomic E-state index is -0.891. The SMILES string of the molecule is CCCc1noc(CN2Cc3ccc(C(=O)O)cc3C2)n1. The quantitative estimate of drug-likeness (QED) is 0.908. The molecule has 0 fully saturated rings. The van der Waals surface area contributed by atoms with Gasteiger partial charge in [-0.15, -0.1) is 0 Å². The Morgan fingerprint density at radius 1 is 1.38 bits per heavy atom. The van der Waals surface area contributed by atoms with Crippen LogP contribution >= 0.6 is 0 Å². The van der Waals surface area contributed by atoms with E-state index in [0.717, 1.165) is 36.3 Å². The van der Waals surface area contributed by atoms with Crippen molar-refractivity contribution in [1.29, 1.82) is 0 Å². The Morgan fingerprint density at radius 3 is 2.95 bits per heavy atom. The molecule has 0 bridgehead atoms. The number of rotatable bonds is 5. The van der Waals surface area contributed by atoms with Crippen LogP contribution < -0.4 is 0 Å². The van der Waals surface area contributed by atoms with Gasteiger partial charge in [0, 0.05) is 19.5 Å². The smallest absolute Gasteiger partial charge is 0.335 e. The van der Waals surface area contributed by atoms with Crippen molar-refractivity contribution in [2.45, 2.75) is 39.4 Å². The largest absolute Gasteiger partial charge is 0.478 e. The van der Waals surface area contributed by atoms with Crippen LogP contribution in [0.2, 0.25) is 0 Å². The minimum absolute atomic E-state index is 0.332. The average molecular weight is 287 g/mol. The normalized spacial score (nSPS) is 14.3. The number of carbonyl (C=O) groups is 1. The predicted molar refractivity (Wildman–Crippen MR) is 74.6 cm³/mol. The number of nitrogens with zero attached hydrogens (tertiary/aromatic N) is 3. The fraction of sp³-hybridized carbons (Fsp3) is 0.400. The number of carboxylic acid groups (broad SMARTS) is 1. The number of hydrogen-bond donors (Lipinski definition) is 1. The lowest BCUT2D eigenvalue weighted by atomic mass is 10.1. The Bertz CT molecular complexity index is 666. The van der Waals surface area contributed by atoms with Crippen molar-refractivity contribution in [3.8, 4) is 0 Å². The van der Waals surface area contributed by atoms with E-state index in [-0.39, 0.29) is 0 Å². The van der Waals surface area contributed by atoms with Crippen LogP contribution in [0.1, 0.15) is 46.5 Å². The molecule has 1 aromatic carbocycles. The highest BCUT2D eigenvalue weighted by Gasteiger charge is 2.22. The van der Waals surface area contributed by atoms with Gasteiger partial charge >= 0.3 is 5.97 Å². The molecule has 0 saturated heterocycles. The van der Waals surface area contributed by atoms with Crippen molar-refractivity contribution in [2.75, 3.05) is 0 Å². The van der Waals surface area contributed by atoms with Crippen LogP contribution in [0.25, 0.3) is 0 Å². The van der Waals surface area contributed by atoms with Crippen molar-refractivity contribution in [2.24, 2.45) is 0 Å². The highest BCUT2D eigenvalue weighted by Crippen LogP contribution is 2.25. The second-order valence-corrected chi connectivity index (χ2v) is 5.29. The lowest BCUT2D eigenvalue weighted by molar-refractivity contribution is 0.0696. The number of aromatic carboxylic acids is 1. The Morgan fingerprint density at radius 2 is 2.19 bits per heavy atom. The zero-order valence-electron chi connectivity index (χ0n) is 11.9. The van der Waals surface area contributed by atoms with E-state index >= 15 is 0 Å². The standard InChI is InChI=1S/C15H17N3O3/c1-2-3-13-16-14(21-17-13)9-18-7-11-5-4-10(15(19)20)6-12(11)8-18/h4-6H,2-3,7-9H2,1H3,(H,19,20). The average Bonchev–Trinajstić information content (AvgIpc) is 3.04. The van der Waals surface area contributed by atoms with Crippen LogP contribution in [0.5, 0.6) is 0 Å². The lowest BCUT2D eigenvalue weighted by Crippen LogP contribution is -2.15. The number of aromatic nitrogens is 2. The molecule has 21 heavy (non-hydrogen) atoms. The third-order valence-electron chi connectivity index (χ3n) is 3.58. The van der Waals surface area contributed by atoms with Gasteiger partial charge in [-0.05, 0) is 29.7 Å². The van der Waals surface area contributed by atoms with Gasteiger partial charge in [0.2, 0.25) is 5.89 Å². The van der Waals surface area contributed by atoms with Crippen LogP contribution in [-0.2, 0) is 26.1 Å². The fourth-order valence-electron chi connectivity index (χ4n) is 2.58. The van der Waals surface area contributed by atoms with E-state index in [9.17, 15) is 4.79 Å². The summed E-state index contributed by atoms with van der Waals surface area (Å²) in [4.78, 5) is 17.5. The summed E-state index contributed by atoms with van der Waals surface area (Å²) in [6.07, 6.45) is 1.82. The molecule has 0 atom stereocenters. The molecule has 0 amide bonds. The summed E-state index contributed by atoms with van der Waals surface area (Å²) in [5.74, 6) is 0.472. The van der Waals surface area contributed by atoms with E-state index in [0.29, 0.717) is 24.5 Å². The second kappa shape index (κ2) is 5.65. The Balaban J connectivity index is 1.68. The Labute approximate surface area is 122 Å². The van der Waals surface area contributed by atoms with Gasteiger partial charge in [0.25, 0.3) is 0 Å². The first-order chi connectivity index (χ1) is 10.2. The first-order valence-electron chi connectivity index (χ1n) is 7.04. The van der Waals surface area contributed by atoms with Gasteiger partial charge in [-0.25, -0.2) is 4.79 Å². The molecule has 0 aliphatic carbocycles. The van der Waals surface area contributed by atoms with E-state index in [1.807, 2.05) is 6.07 Å². The van der Waals surface area contributed by atoms with E-state index < -0.39 is 5.97 Å². The predicted octanol–water partition coefficient (Wildman–Crippen LogP) is 2.24. The van der Waals surface area contributed by atoms with Crippen molar-refractivity contribution in [3.05, 3.63) is 46.6 Å². The maximum Gasteiger partial charge on any atom is 0.335 e. The van der Waals surface area contributed by atoms with Crippen molar-refractivity contribution < 1.29 is 14.4 Å². The molecule has 3 rings (SSSR count). The van der Waals surface area contributed by atoms with Crippen LogP contribution in [0.4, 0.5) is 0 Å². The van der Waals surface area contributed by atoms with E-state index in [2.05, 4.69) is 22.0 Å². The summed E-state index contributed by atoms with van der Waals surface area (Å²) in [6.45, 7) is 4.16. The van der Waals surface area contributed by atoms with E-state index in [4.69, 9.17) is 9.63 Å². The molecule has 110 valence electrons. The van der Waals surface area contributed by atoms with Crippen LogP contribution in [0, 0.1) is 0 Å². The molecule has 6 nitrogen and oxygen atoms in total. The van der Waals surface area contributed by atoms with Gasteiger partial charge in [-0.1, -0.05) is 18.1 Å². The maximum absolute atomic E-state index is 11.0. The Kier molecular flexibility index (Phi) is 3.70. The molecular formula is C15H17N3O3. The van der Waals surface area contributed by atoms with E-state index in [1.165, 1.54) is 0 Å². The van der Waals surface area contributed by atoms with Crippen molar-refractivity contribution in [1.82, 2.24) is 15.0 Å². The van der Waals surface area contributed by atoms with Gasteiger partial charge in [-0.2, -0.15) is 4.98 Å². The second-order valence-electron chi connectivity index (χ2n) is 5.29. The number of hydrogen-bond acceptors (Lipinski definition) is 5. The molecule has 1 aliphatic heterocycles. The van der Waals surface area contributed by atoms with Crippen molar-refractivity contribution in [3.63, 3.8) is 0 Å². The third-order valence-corrected chi connectivity index (χ3v) is 3.58. The highest BCUT2D eigenvalue weighted by molar-refractivity contribution is 5.87. The van der Waals surface area contributed by atoms with Crippen LogP contribution in [0.15, 0.2) is 22.7 Å². The van der Waals surface area contributed by atoms with E-state index in [1.54, 1.807) is 12.1 Å². The highest BCUT2D eigenvalue weighted by atomic mass is 16.5. The molecule has 0 unspecified atom stereocenters. The fourth-order valence-corrected chi connectivity index (χ4v) is 2.58. The molecule has 2 aromatic rings. The number of benzene rings is 1. The summed E-state index contributed by atoms with van der Waals surface area (Å²) in [5.41, 5.74) is 2.55. The summed E-state index contributed by atoms with van der Waals surface area (Å²) < 4.78 is 5.24. The van der Waals surface area contributed by atoms with Gasteiger partial charge < -0.3 is 9.63 Å². The molecule has 6 heteroatoms. The first kappa shape index (κ1) is 13.8. The minimum Gasteiger partial charge on any atom is -0.478 e. The molecular weight excluding hydrogens is 270 g/mol. The molecule has 1 aromatic heterocycles. The molecule has 0 spiro atoms. The van der Waals surface area contributed by atoms with Gasteiger partial charge in [-0.3, -0.25) is 4.90 Å². The summed E-state index contributed by atoms with van der Waals surface area (Å²) in [6, 6.07) is 5.28. The number of carboxylic acids is 1. The van der Waals surface area contributed by atoms with Crippen molar-refractivity contribution >= 4 is 5.97 Å². The molecule has 0 radical (unpaired) electrons. The summed E-state index contributed by atoms with van der Waals surface area (Å²) in [7, 11) is 0. The van der Waals surface area contributed by atoms with Gasteiger partial charge in [0.1, 0.15) is 0 Å². The first-order valence-corrected chi connectivity index (χ1v) is 7.04. The lowest BCUT2D eigenvalue weighted by Gasteiger charge is -2.10. The van der Waals surface area contributed by atoms with Gasteiger partial charge in [0.15, 0.2) is 5.82 Å². The molecule has 0 saturated carbocycles. The maximum atomic E-state index is 11.0. The summed E-state index contributed by atoms with van der Waals surface area (Å²) in [5, 5.41) is 13.0. The topological polar surface area (TPSA) is 79.5 Å². The summed E-state index contributed by atoms with van der Waals surface area (Å²) >= 11 is 0. The van der Waals surface area contributed by atoms with Gasteiger partial charge in [0.05, 0.1) is 12.1 Å². The zero-order chi connectivity index (χ0) is 14.8. The number of aryl methyl sites for hydroxylation is 1. The molecule has 2 heterocycles. The molecule has 1 aliphatic rings.